The molecule has 1 N–H and O–H groups in total. The molecule has 5 nitrogen and oxygen atoms in total. The Hall–Kier alpha value is -1.99. The van der Waals surface area contributed by atoms with E-state index in [0.717, 1.165) is 22.1 Å². The molecule has 23 heavy (non-hydrogen) atoms. The summed E-state index contributed by atoms with van der Waals surface area (Å²) < 4.78 is 1.88. The summed E-state index contributed by atoms with van der Waals surface area (Å²) in [5, 5.41) is 12.1. The smallest absolute Gasteiger partial charge is 0.226 e. The van der Waals surface area contributed by atoms with Gasteiger partial charge in [0.1, 0.15) is 5.01 Å². The van der Waals surface area contributed by atoms with Gasteiger partial charge in [-0.2, -0.15) is 5.10 Å². The molecule has 3 heterocycles. The molecule has 0 spiro atoms. The van der Waals surface area contributed by atoms with Gasteiger partial charge >= 0.3 is 0 Å². The van der Waals surface area contributed by atoms with E-state index in [4.69, 9.17) is 0 Å². The molecule has 1 amide bonds. The zero-order valence-corrected chi connectivity index (χ0v) is 14.4. The first-order chi connectivity index (χ1) is 11.2. The molecular formula is C16H18N4OS2. The van der Waals surface area contributed by atoms with E-state index in [9.17, 15) is 4.79 Å². The highest BCUT2D eigenvalue weighted by molar-refractivity contribution is 7.20. The van der Waals surface area contributed by atoms with Gasteiger partial charge < -0.3 is 5.32 Å². The molecule has 0 radical (unpaired) electrons. The van der Waals surface area contributed by atoms with Crippen molar-refractivity contribution in [1.29, 1.82) is 0 Å². The predicted molar refractivity (Wildman–Crippen MR) is 93.5 cm³/mol. The van der Waals surface area contributed by atoms with Gasteiger partial charge in [0, 0.05) is 30.9 Å². The number of nitrogens with zero attached hydrogens (tertiary/aromatic N) is 3. The summed E-state index contributed by atoms with van der Waals surface area (Å²) in [5.74, 6) is 0.344. The highest BCUT2D eigenvalue weighted by atomic mass is 32.1. The summed E-state index contributed by atoms with van der Waals surface area (Å²) in [7, 11) is 0. The van der Waals surface area contributed by atoms with Crippen LogP contribution in [0.2, 0.25) is 0 Å². The van der Waals surface area contributed by atoms with Gasteiger partial charge in [0.15, 0.2) is 0 Å². The van der Waals surface area contributed by atoms with Crippen molar-refractivity contribution in [2.24, 2.45) is 5.92 Å². The first-order valence-electron chi connectivity index (χ1n) is 7.43. The normalized spacial score (nSPS) is 12.2. The summed E-state index contributed by atoms with van der Waals surface area (Å²) in [5.41, 5.74) is 0.829. The molecule has 0 bridgehead atoms. The summed E-state index contributed by atoms with van der Waals surface area (Å²) in [6.45, 7) is 3.53. The molecular weight excluding hydrogens is 328 g/mol. The van der Waals surface area contributed by atoms with Crippen LogP contribution < -0.4 is 5.32 Å². The highest BCUT2D eigenvalue weighted by Crippen LogP contribution is 2.27. The van der Waals surface area contributed by atoms with Crippen molar-refractivity contribution in [3.05, 3.63) is 47.0 Å². The average molecular weight is 346 g/mol. The first kappa shape index (κ1) is 15.9. The third-order valence-electron chi connectivity index (χ3n) is 3.33. The topological polar surface area (TPSA) is 59.8 Å². The van der Waals surface area contributed by atoms with Crippen LogP contribution in [0, 0.1) is 5.92 Å². The minimum atomic E-state index is 0.0142. The lowest BCUT2D eigenvalue weighted by molar-refractivity contribution is -0.120. The van der Waals surface area contributed by atoms with Crippen LogP contribution in [0.4, 0.5) is 0 Å². The second kappa shape index (κ2) is 7.52. The quantitative estimate of drug-likeness (QED) is 0.715. The molecule has 7 heteroatoms. The van der Waals surface area contributed by atoms with Crippen molar-refractivity contribution < 1.29 is 4.79 Å². The van der Waals surface area contributed by atoms with Crippen molar-refractivity contribution in [2.45, 2.75) is 19.9 Å². The van der Waals surface area contributed by atoms with Crippen LogP contribution in [0.25, 0.3) is 9.88 Å². The molecule has 3 rings (SSSR count). The van der Waals surface area contributed by atoms with Crippen molar-refractivity contribution in [1.82, 2.24) is 20.1 Å². The Kier molecular flexibility index (Phi) is 5.19. The van der Waals surface area contributed by atoms with Gasteiger partial charge in [0.25, 0.3) is 0 Å². The van der Waals surface area contributed by atoms with E-state index in [1.807, 2.05) is 39.8 Å². The van der Waals surface area contributed by atoms with Crippen molar-refractivity contribution in [3.8, 4) is 9.88 Å². The molecule has 3 aromatic rings. The Morgan fingerprint density at radius 2 is 2.30 bits per heavy atom. The van der Waals surface area contributed by atoms with E-state index < -0.39 is 0 Å². The number of hydrogen-bond acceptors (Lipinski definition) is 5. The summed E-state index contributed by atoms with van der Waals surface area (Å²) in [4.78, 5) is 17.7. The number of aromatic nitrogens is 3. The number of thiophene rings is 1. The molecule has 0 saturated heterocycles. The van der Waals surface area contributed by atoms with Crippen LogP contribution in [-0.4, -0.2) is 27.2 Å². The fourth-order valence-electron chi connectivity index (χ4n) is 2.21. The lowest BCUT2D eigenvalue weighted by atomic mass is 10.2. The fourth-order valence-corrected chi connectivity index (χ4v) is 3.84. The maximum atomic E-state index is 12.0. The third kappa shape index (κ3) is 4.49. The molecule has 0 aliphatic heterocycles. The second-order valence-corrected chi connectivity index (χ2v) is 7.24. The Morgan fingerprint density at radius 3 is 3.04 bits per heavy atom. The SMILES string of the molecule is CC(CNC(=O)Cc1csc(-c2cccs2)n1)Cn1cccn1. The molecule has 0 fully saturated rings. The lowest BCUT2D eigenvalue weighted by Crippen LogP contribution is -2.31. The number of amides is 1. The highest BCUT2D eigenvalue weighted by Gasteiger charge is 2.11. The number of rotatable bonds is 7. The van der Waals surface area contributed by atoms with Crippen molar-refractivity contribution >= 4 is 28.6 Å². The third-order valence-corrected chi connectivity index (χ3v) is 5.26. The maximum Gasteiger partial charge on any atom is 0.226 e. The number of thiazole rings is 1. The van der Waals surface area contributed by atoms with Crippen LogP contribution in [-0.2, 0) is 17.8 Å². The van der Waals surface area contributed by atoms with Gasteiger partial charge in [-0.25, -0.2) is 4.98 Å². The van der Waals surface area contributed by atoms with Crippen LogP contribution >= 0.6 is 22.7 Å². The van der Waals surface area contributed by atoms with Gasteiger partial charge in [0.2, 0.25) is 5.91 Å². The molecule has 1 unspecified atom stereocenters. The van der Waals surface area contributed by atoms with Crippen LogP contribution in [0.5, 0.6) is 0 Å². The Balaban J connectivity index is 1.46. The zero-order chi connectivity index (χ0) is 16.1. The van der Waals surface area contributed by atoms with E-state index in [1.165, 1.54) is 0 Å². The van der Waals surface area contributed by atoms with Crippen LogP contribution in [0.3, 0.4) is 0 Å². The minimum Gasteiger partial charge on any atom is -0.355 e. The standard InChI is InChI=1S/C16H18N4OS2/c1-12(10-20-6-3-5-18-20)9-17-15(21)8-13-11-23-16(19-13)14-4-2-7-22-14/h2-7,11-12H,8-10H2,1H3,(H,17,21). The van der Waals surface area contributed by atoms with Crippen molar-refractivity contribution in [3.63, 3.8) is 0 Å². The van der Waals surface area contributed by atoms with E-state index in [0.29, 0.717) is 18.9 Å². The molecule has 3 aromatic heterocycles. The van der Waals surface area contributed by atoms with Gasteiger partial charge in [-0.05, 0) is 23.4 Å². The van der Waals surface area contributed by atoms with Gasteiger partial charge in [-0.1, -0.05) is 13.0 Å². The summed E-state index contributed by atoms with van der Waals surface area (Å²) >= 11 is 3.25. The van der Waals surface area contributed by atoms with E-state index >= 15 is 0 Å². The Bertz CT molecular complexity index is 734. The zero-order valence-electron chi connectivity index (χ0n) is 12.8. The summed E-state index contributed by atoms with van der Waals surface area (Å²) in [6.07, 6.45) is 4.02. The van der Waals surface area contributed by atoms with E-state index in [1.54, 1.807) is 28.9 Å². The van der Waals surface area contributed by atoms with Gasteiger partial charge in [-0.15, -0.1) is 22.7 Å². The largest absolute Gasteiger partial charge is 0.355 e. The van der Waals surface area contributed by atoms with E-state index in [-0.39, 0.29) is 5.91 Å². The number of nitrogens with one attached hydrogen (secondary N) is 1. The Morgan fingerprint density at radius 1 is 1.39 bits per heavy atom. The molecule has 0 saturated carbocycles. The second-order valence-electron chi connectivity index (χ2n) is 5.44. The number of hydrogen-bond donors (Lipinski definition) is 1. The van der Waals surface area contributed by atoms with Gasteiger partial charge in [0.05, 0.1) is 17.0 Å². The monoisotopic (exact) mass is 346 g/mol. The molecule has 0 aliphatic carbocycles. The molecule has 120 valence electrons. The molecule has 0 aliphatic rings. The predicted octanol–water partition coefficient (Wildman–Crippen LogP) is 3.06. The first-order valence-corrected chi connectivity index (χ1v) is 9.19. The maximum absolute atomic E-state index is 12.0. The minimum absolute atomic E-state index is 0.0142. The van der Waals surface area contributed by atoms with Crippen molar-refractivity contribution in [2.75, 3.05) is 6.54 Å². The average Bonchev–Trinajstić information content (AvgIpc) is 3.27. The van der Waals surface area contributed by atoms with E-state index in [2.05, 4.69) is 22.3 Å². The summed E-state index contributed by atoms with van der Waals surface area (Å²) in [6, 6.07) is 5.96. The molecule has 1 atom stereocenters. The number of carbonyl (C=O) groups excluding carboxylic acids is 1. The fraction of sp³-hybridized carbons (Fsp3) is 0.312. The Labute approximate surface area is 143 Å². The van der Waals surface area contributed by atoms with Gasteiger partial charge in [-0.3, -0.25) is 9.48 Å². The number of carbonyl (C=O) groups is 1. The molecule has 0 aromatic carbocycles. The van der Waals surface area contributed by atoms with Crippen LogP contribution in [0.1, 0.15) is 12.6 Å². The lowest BCUT2D eigenvalue weighted by Gasteiger charge is -2.12. The van der Waals surface area contributed by atoms with Crippen LogP contribution in [0.15, 0.2) is 41.4 Å².